The number of nitrogens with one attached hydrogen (secondary N) is 1. The van der Waals surface area contributed by atoms with Crippen molar-refractivity contribution in [2.45, 2.75) is 44.1 Å². The van der Waals surface area contributed by atoms with Gasteiger partial charge >= 0.3 is 0 Å². The van der Waals surface area contributed by atoms with Crippen molar-refractivity contribution in [1.29, 1.82) is 0 Å². The monoisotopic (exact) mass is 313 g/mol. The number of hydrogen-bond donors (Lipinski definition) is 2. The molecule has 22 heavy (non-hydrogen) atoms. The second-order valence-corrected chi connectivity index (χ2v) is 5.73. The molecule has 0 unspecified atom stereocenters. The highest BCUT2D eigenvalue weighted by atomic mass is 19.1. The number of benzene rings is 1. The molecule has 6 heteroatoms. The summed E-state index contributed by atoms with van der Waals surface area (Å²) in [5, 5.41) is 12.9. The Bertz CT molecular complexity index is 516. The molecule has 0 atom stereocenters. The van der Waals surface area contributed by atoms with Crippen molar-refractivity contribution in [1.82, 2.24) is 5.32 Å². The van der Waals surface area contributed by atoms with Crippen molar-refractivity contribution in [2.24, 2.45) is 0 Å². The summed E-state index contributed by atoms with van der Waals surface area (Å²) < 4.78 is 31.2. The lowest BCUT2D eigenvalue weighted by atomic mass is 9.82. The maximum Gasteiger partial charge on any atom is 0.223 e. The molecule has 4 nitrogen and oxygen atoms in total. The minimum atomic E-state index is -0.897. The summed E-state index contributed by atoms with van der Waals surface area (Å²) in [7, 11) is 0. The third-order valence-corrected chi connectivity index (χ3v) is 3.85. The summed E-state index contributed by atoms with van der Waals surface area (Å²) in [5.74, 6) is -1.74. The highest BCUT2D eigenvalue weighted by molar-refractivity contribution is 5.77. The van der Waals surface area contributed by atoms with E-state index in [0.717, 1.165) is 31.4 Å². The second-order valence-electron chi connectivity index (χ2n) is 5.73. The Hall–Kier alpha value is -1.69. The van der Waals surface area contributed by atoms with Crippen LogP contribution in [-0.4, -0.2) is 29.8 Å². The van der Waals surface area contributed by atoms with Gasteiger partial charge in [0.15, 0.2) is 11.6 Å². The first-order valence-corrected chi connectivity index (χ1v) is 7.55. The van der Waals surface area contributed by atoms with Crippen LogP contribution < -0.4 is 10.1 Å². The van der Waals surface area contributed by atoms with E-state index in [1.54, 1.807) is 0 Å². The number of carbonyl (C=O) groups is 1. The summed E-state index contributed by atoms with van der Waals surface area (Å²) in [5.41, 5.74) is -0.897. The Morgan fingerprint density at radius 3 is 2.68 bits per heavy atom. The van der Waals surface area contributed by atoms with Crippen LogP contribution in [0.15, 0.2) is 18.2 Å². The molecule has 0 saturated heterocycles. The average molecular weight is 313 g/mol. The van der Waals surface area contributed by atoms with Crippen molar-refractivity contribution in [3.05, 3.63) is 29.8 Å². The predicted octanol–water partition coefficient (Wildman–Crippen LogP) is 2.55. The fourth-order valence-electron chi connectivity index (χ4n) is 2.69. The Balaban J connectivity index is 1.68. The first-order valence-electron chi connectivity index (χ1n) is 7.55. The van der Waals surface area contributed by atoms with Crippen molar-refractivity contribution >= 4 is 5.91 Å². The van der Waals surface area contributed by atoms with E-state index >= 15 is 0 Å². The summed E-state index contributed by atoms with van der Waals surface area (Å²) in [4.78, 5) is 11.8. The number of ether oxygens (including phenoxy) is 1. The summed E-state index contributed by atoms with van der Waals surface area (Å²) in [6.07, 6.45) is 4.36. The molecule has 1 aromatic carbocycles. The van der Waals surface area contributed by atoms with E-state index in [-0.39, 0.29) is 31.2 Å². The molecule has 1 aliphatic rings. The number of amides is 1. The van der Waals surface area contributed by atoms with Crippen LogP contribution in [0.25, 0.3) is 0 Å². The molecule has 1 amide bonds. The molecular formula is C16H21F2NO3. The van der Waals surface area contributed by atoms with Gasteiger partial charge in [0, 0.05) is 6.07 Å². The molecule has 2 rings (SSSR count). The Morgan fingerprint density at radius 1 is 1.27 bits per heavy atom. The minimum Gasteiger partial charge on any atom is -0.489 e. The van der Waals surface area contributed by atoms with E-state index in [9.17, 15) is 18.7 Å². The van der Waals surface area contributed by atoms with Crippen LogP contribution in [0.2, 0.25) is 0 Å². The van der Waals surface area contributed by atoms with Gasteiger partial charge in [-0.05, 0) is 25.0 Å². The number of rotatable bonds is 6. The number of halogens is 2. The smallest absolute Gasteiger partial charge is 0.223 e. The zero-order chi connectivity index (χ0) is 16.0. The summed E-state index contributed by atoms with van der Waals surface area (Å²) >= 11 is 0. The largest absolute Gasteiger partial charge is 0.489 e. The van der Waals surface area contributed by atoms with E-state index in [0.29, 0.717) is 12.8 Å². The van der Waals surface area contributed by atoms with Crippen LogP contribution in [-0.2, 0) is 4.79 Å². The van der Waals surface area contributed by atoms with Crippen molar-refractivity contribution in [3.63, 3.8) is 0 Å². The van der Waals surface area contributed by atoms with Gasteiger partial charge in [-0.15, -0.1) is 0 Å². The molecule has 122 valence electrons. The lowest BCUT2D eigenvalue weighted by molar-refractivity contribution is -0.127. The van der Waals surface area contributed by atoms with Gasteiger partial charge in [-0.25, -0.2) is 8.78 Å². The molecule has 1 aromatic rings. The molecule has 0 radical (unpaired) electrons. The van der Waals surface area contributed by atoms with Gasteiger partial charge in [0.25, 0.3) is 0 Å². The Kier molecular flexibility index (Phi) is 5.71. The normalized spacial score (nSPS) is 17.0. The van der Waals surface area contributed by atoms with Crippen LogP contribution in [0.5, 0.6) is 5.75 Å². The van der Waals surface area contributed by atoms with Crippen LogP contribution >= 0.6 is 0 Å². The Morgan fingerprint density at radius 2 is 2.00 bits per heavy atom. The fourth-order valence-corrected chi connectivity index (χ4v) is 2.69. The van der Waals surface area contributed by atoms with Gasteiger partial charge in [0.05, 0.1) is 18.6 Å². The molecule has 1 fully saturated rings. The van der Waals surface area contributed by atoms with Crippen molar-refractivity contribution in [2.75, 3.05) is 13.2 Å². The molecule has 1 aliphatic carbocycles. The lowest BCUT2D eigenvalue weighted by Gasteiger charge is -2.31. The standard InChI is InChI=1S/C16H21F2NO3/c17-12-4-5-14(13(18)10-12)22-9-8-19-15(20)11-16(21)6-2-1-3-7-16/h4-5,10,21H,1-3,6-9,11H2,(H,19,20). The third kappa shape index (κ3) is 4.94. The maximum absolute atomic E-state index is 13.3. The van der Waals surface area contributed by atoms with Crippen LogP contribution in [0, 0.1) is 11.6 Å². The van der Waals surface area contributed by atoms with E-state index in [4.69, 9.17) is 4.74 Å². The molecular weight excluding hydrogens is 292 g/mol. The fraction of sp³-hybridized carbons (Fsp3) is 0.562. The van der Waals surface area contributed by atoms with Crippen molar-refractivity contribution < 1.29 is 23.4 Å². The van der Waals surface area contributed by atoms with Gasteiger partial charge in [0.2, 0.25) is 5.91 Å². The van der Waals surface area contributed by atoms with Gasteiger partial charge in [-0.3, -0.25) is 4.79 Å². The Labute approximate surface area is 128 Å². The van der Waals surface area contributed by atoms with E-state index in [2.05, 4.69) is 5.32 Å². The summed E-state index contributed by atoms with van der Waals surface area (Å²) in [6, 6.07) is 3.05. The van der Waals surface area contributed by atoms with Gasteiger partial charge in [0.1, 0.15) is 12.4 Å². The molecule has 0 bridgehead atoms. The quantitative estimate of drug-likeness (QED) is 0.794. The zero-order valence-corrected chi connectivity index (χ0v) is 12.4. The summed E-state index contributed by atoms with van der Waals surface area (Å²) in [6.45, 7) is 0.276. The molecule has 0 aliphatic heterocycles. The predicted molar refractivity (Wildman–Crippen MR) is 77.5 cm³/mol. The molecule has 1 saturated carbocycles. The average Bonchev–Trinajstić information content (AvgIpc) is 2.45. The third-order valence-electron chi connectivity index (χ3n) is 3.85. The highest BCUT2D eigenvalue weighted by Crippen LogP contribution is 2.30. The SMILES string of the molecule is O=C(CC1(O)CCCCC1)NCCOc1ccc(F)cc1F. The van der Waals surface area contributed by atoms with Gasteiger partial charge < -0.3 is 15.2 Å². The van der Waals surface area contributed by atoms with E-state index < -0.39 is 17.2 Å². The second kappa shape index (κ2) is 7.54. The van der Waals surface area contributed by atoms with E-state index in [1.807, 2.05) is 0 Å². The number of aliphatic hydroxyl groups is 1. The van der Waals surface area contributed by atoms with Gasteiger partial charge in [-0.2, -0.15) is 0 Å². The highest BCUT2D eigenvalue weighted by Gasteiger charge is 2.31. The van der Waals surface area contributed by atoms with E-state index in [1.165, 1.54) is 6.07 Å². The number of hydrogen-bond acceptors (Lipinski definition) is 3. The topological polar surface area (TPSA) is 58.6 Å². The molecule has 0 spiro atoms. The maximum atomic E-state index is 13.3. The van der Waals surface area contributed by atoms with Crippen LogP contribution in [0.4, 0.5) is 8.78 Å². The first-order chi connectivity index (χ1) is 10.5. The number of carbonyl (C=O) groups excluding carboxylic acids is 1. The lowest BCUT2D eigenvalue weighted by Crippen LogP contribution is -2.39. The van der Waals surface area contributed by atoms with Crippen molar-refractivity contribution in [3.8, 4) is 5.75 Å². The molecule has 2 N–H and O–H groups in total. The molecule has 0 aromatic heterocycles. The first kappa shape index (κ1) is 16.7. The molecule has 0 heterocycles. The zero-order valence-electron chi connectivity index (χ0n) is 12.4. The van der Waals surface area contributed by atoms with Crippen LogP contribution in [0.1, 0.15) is 38.5 Å². The van der Waals surface area contributed by atoms with Gasteiger partial charge in [-0.1, -0.05) is 19.3 Å². The minimum absolute atomic E-state index is 0.0541. The van der Waals surface area contributed by atoms with Crippen LogP contribution in [0.3, 0.4) is 0 Å².